The van der Waals surface area contributed by atoms with Gasteiger partial charge in [0.15, 0.2) is 5.82 Å². The van der Waals surface area contributed by atoms with Crippen molar-refractivity contribution >= 4 is 23.5 Å². The molecule has 0 bridgehead atoms. The molecule has 0 saturated heterocycles. The fourth-order valence-electron chi connectivity index (χ4n) is 2.04. The van der Waals surface area contributed by atoms with E-state index in [1.807, 2.05) is 0 Å². The summed E-state index contributed by atoms with van der Waals surface area (Å²) >= 11 is 0. The molecule has 0 saturated carbocycles. The molecule has 2 rings (SSSR count). The van der Waals surface area contributed by atoms with Gasteiger partial charge in [-0.2, -0.15) is 0 Å². The topological polar surface area (TPSA) is 96.5 Å². The molecule has 0 spiro atoms. The normalized spacial score (nSPS) is 18.1. The Bertz CT molecular complexity index is 597. The Morgan fingerprint density at radius 3 is 2.82 bits per heavy atom. The maximum absolute atomic E-state index is 12.5. The Balaban J connectivity index is 2.14. The van der Waals surface area contributed by atoms with E-state index in [4.69, 9.17) is 4.74 Å². The van der Waals surface area contributed by atoms with Crippen LogP contribution in [-0.2, 0) is 9.53 Å². The molecule has 2 heterocycles. The number of hydrogen-bond donors (Lipinski definition) is 2. The van der Waals surface area contributed by atoms with Gasteiger partial charge in [-0.3, -0.25) is 4.79 Å². The van der Waals surface area contributed by atoms with E-state index in [9.17, 15) is 9.59 Å². The molecule has 1 aliphatic heterocycles. The fraction of sp³-hybridized carbons (Fsp3) is 0.571. The first kappa shape index (κ1) is 16.0. The lowest BCUT2D eigenvalue weighted by molar-refractivity contribution is -0.120. The molecule has 0 aliphatic carbocycles. The molecule has 2 N–H and O–H groups in total. The number of carbonyl (C=O) groups is 2. The summed E-state index contributed by atoms with van der Waals surface area (Å²) in [5, 5.41) is 5.64. The highest BCUT2D eigenvalue weighted by Gasteiger charge is 2.31. The van der Waals surface area contributed by atoms with Crippen LogP contribution < -0.4 is 15.5 Å². The summed E-state index contributed by atoms with van der Waals surface area (Å²) < 4.78 is 5.18. The predicted octanol–water partition coefficient (Wildman–Crippen LogP) is 1.07. The number of aryl methyl sites for hydroxylation is 1. The quantitative estimate of drug-likeness (QED) is 0.805. The Kier molecular flexibility index (Phi) is 4.20. The van der Waals surface area contributed by atoms with Crippen molar-refractivity contribution in [2.24, 2.45) is 0 Å². The van der Waals surface area contributed by atoms with Gasteiger partial charge in [-0.1, -0.05) is 0 Å². The first-order chi connectivity index (χ1) is 10.2. The first-order valence-electron chi connectivity index (χ1n) is 7.02. The highest BCUT2D eigenvalue weighted by molar-refractivity contribution is 6.01. The largest absolute Gasteiger partial charge is 0.444 e. The first-order valence-corrected chi connectivity index (χ1v) is 7.02. The lowest BCUT2D eigenvalue weighted by Gasteiger charge is -2.24. The summed E-state index contributed by atoms with van der Waals surface area (Å²) in [6.45, 7) is 7.29. The zero-order valence-corrected chi connectivity index (χ0v) is 13.4. The summed E-state index contributed by atoms with van der Waals surface area (Å²) in [4.78, 5) is 34.1. The molecule has 2 amide bonds. The van der Waals surface area contributed by atoms with Gasteiger partial charge in [0.1, 0.15) is 23.2 Å². The number of likely N-dealkylation sites (N-methyl/N-ethyl adjacent to an activating group) is 1. The fourth-order valence-corrected chi connectivity index (χ4v) is 2.04. The number of nitrogens with one attached hydrogen (secondary N) is 2. The van der Waals surface area contributed by atoms with Crippen LogP contribution in [0.3, 0.4) is 0 Å². The van der Waals surface area contributed by atoms with E-state index in [2.05, 4.69) is 20.6 Å². The minimum atomic E-state index is -0.741. The van der Waals surface area contributed by atoms with Gasteiger partial charge in [0.25, 0.3) is 5.91 Å². The maximum Gasteiger partial charge on any atom is 0.408 e. The van der Waals surface area contributed by atoms with Crippen LogP contribution in [-0.4, -0.2) is 47.2 Å². The van der Waals surface area contributed by atoms with E-state index in [-0.39, 0.29) is 12.5 Å². The number of carbonyl (C=O) groups excluding carboxylic acids is 2. The van der Waals surface area contributed by atoms with Crippen LogP contribution in [0.25, 0.3) is 0 Å². The number of amides is 2. The minimum Gasteiger partial charge on any atom is -0.444 e. The van der Waals surface area contributed by atoms with Crippen LogP contribution in [0.4, 0.5) is 16.3 Å². The van der Waals surface area contributed by atoms with E-state index in [0.717, 1.165) is 0 Å². The molecule has 1 unspecified atom stereocenters. The van der Waals surface area contributed by atoms with Crippen molar-refractivity contribution in [2.45, 2.75) is 39.3 Å². The molecule has 120 valence electrons. The highest BCUT2D eigenvalue weighted by atomic mass is 16.6. The van der Waals surface area contributed by atoms with Crippen molar-refractivity contribution in [2.75, 3.05) is 23.8 Å². The molecule has 22 heavy (non-hydrogen) atoms. The number of nitrogens with zero attached hydrogens (tertiary/aromatic N) is 3. The van der Waals surface area contributed by atoms with Gasteiger partial charge in [0, 0.05) is 13.6 Å². The average molecular weight is 307 g/mol. The Labute approximate surface area is 129 Å². The van der Waals surface area contributed by atoms with Crippen molar-refractivity contribution in [3.8, 4) is 0 Å². The van der Waals surface area contributed by atoms with Crippen molar-refractivity contribution < 1.29 is 14.3 Å². The number of aromatic nitrogens is 2. The number of hydrogen-bond acceptors (Lipinski definition) is 6. The Morgan fingerprint density at radius 2 is 2.18 bits per heavy atom. The molecule has 0 aromatic carbocycles. The minimum absolute atomic E-state index is 0.228. The van der Waals surface area contributed by atoms with Crippen LogP contribution in [0.1, 0.15) is 26.6 Å². The second kappa shape index (κ2) is 5.78. The monoisotopic (exact) mass is 307 g/mol. The van der Waals surface area contributed by atoms with E-state index in [1.165, 1.54) is 4.90 Å². The summed E-state index contributed by atoms with van der Waals surface area (Å²) in [6, 6.07) is -0.741. The second-order valence-corrected chi connectivity index (χ2v) is 6.13. The molecular weight excluding hydrogens is 286 g/mol. The van der Waals surface area contributed by atoms with Crippen LogP contribution in [0, 0.1) is 6.92 Å². The van der Waals surface area contributed by atoms with Crippen LogP contribution in [0.2, 0.25) is 0 Å². The third-order valence-electron chi connectivity index (χ3n) is 3.04. The van der Waals surface area contributed by atoms with Gasteiger partial charge in [0.05, 0.1) is 6.20 Å². The van der Waals surface area contributed by atoms with E-state index >= 15 is 0 Å². The maximum atomic E-state index is 12.5. The van der Waals surface area contributed by atoms with Crippen molar-refractivity contribution in [3.63, 3.8) is 0 Å². The van der Waals surface area contributed by atoms with E-state index < -0.39 is 17.7 Å². The summed E-state index contributed by atoms with van der Waals surface area (Å²) in [7, 11) is 1.62. The Hall–Kier alpha value is -2.38. The molecular formula is C14H21N5O3. The summed E-state index contributed by atoms with van der Waals surface area (Å²) in [5.41, 5.74) is -0.0490. The third-order valence-corrected chi connectivity index (χ3v) is 3.04. The molecule has 1 aromatic rings. The van der Waals surface area contributed by atoms with Gasteiger partial charge >= 0.3 is 6.09 Å². The van der Waals surface area contributed by atoms with Gasteiger partial charge in [-0.15, -0.1) is 0 Å². The van der Waals surface area contributed by atoms with Crippen LogP contribution in [0.15, 0.2) is 6.20 Å². The van der Waals surface area contributed by atoms with E-state index in [0.29, 0.717) is 17.3 Å². The number of alkyl carbamates (subject to hydrolysis) is 1. The molecule has 1 aliphatic rings. The zero-order chi connectivity index (χ0) is 16.5. The van der Waals surface area contributed by atoms with Crippen molar-refractivity contribution in [1.82, 2.24) is 15.3 Å². The van der Waals surface area contributed by atoms with Crippen LogP contribution in [0.5, 0.6) is 0 Å². The third kappa shape index (κ3) is 3.63. The van der Waals surface area contributed by atoms with Crippen LogP contribution >= 0.6 is 0 Å². The van der Waals surface area contributed by atoms with Crippen molar-refractivity contribution in [3.05, 3.63) is 12.0 Å². The smallest absolute Gasteiger partial charge is 0.408 e. The molecule has 8 heteroatoms. The van der Waals surface area contributed by atoms with E-state index in [1.54, 1.807) is 40.9 Å². The zero-order valence-electron chi connectivity index (χ0n) is 13.4. The highest BCUT2D eigenvalue weighted by Crippen LogP contribution is 2.25. The number of rotatable bonds is 1. The van der Waals surface area contributed by atoms with Crippen molar-refractivity contribution in [1.29, 1.82) is 0 Å². The van der Waals surface area contributed by atoms with Gasteiger partial charge in [-0.05, 0) is 27.7 Å². The summed E-state index contributed by atoms with van der Waals surface area (Å²) in [6.07, 6.45) is 0.951. The molecule has 1 aromatic heterocycles. The Morgan fingerprint density at radius 1 is 1.50 bits per heavy atom. The predicted molar refractivity (Wildman–Crippen MR) is 81.8 cm³/mol. The molecule has 0 fully saturated rings. The standard InChI is InChI=1S/C14H21N5O3/c1-8-15-7-10-11(17-8)16-6-9(12(20)19(10)5)18-13(21)22-14(2,3)4/h7,9H,6H2,1-5H3,(H,18,21)(H,15,16,17). The summed E-state index contributed by atoms with van der Waals surface area (Å²) in [5.74, 6) is 0.909. The van der Waals surface area contributed by atoms with Gasteiger partial charge in [-0.25, -0.2) is 14.8 Å². The number of ether oxygens (including phenoxy) is 1. The second-order valence-electron chi connectivity index (χ2n) is 6.13. The molecule has 0 radical (unpaired) electrons. The lowest BCUT2D eigenvalue weighted by atomic mass is 10.2. The number of anilines is 2. The average Bonchev–Trinajstić information content (AvgIpc) is 2.49. The van der Waals surface area contributed by atoms with Gasteiger partial charge < -0.3 is 20.3 Å². The molecule has 8 nitrogen and oxygen atoms in total. The van der Waals surface area contributed by atoms with Gasteiger partial charge in [0.2, 0.25) is 0 Å². The SMILES string of the molecule is Cc1ncc2c(n1)NCC(NC(=O)OC(C)(C)C)C(=O)N2C. The lowest BCUT2D eigenvalue weighted by Crippen LogP contribution is -2.50. The molecule has 1 atom stereocenters. The number of fused-ring (bicyclic) bond motifs is 1.